The number of hydrogen-bond donors (Lipinski definition) is 4. The van der Waals surface area contributed by atoms with Crippen LogP contribution in [0.25, 0.3) is 0 Å². The molecule has 6 heteroatoms. The molecule has 0 aromatic heterocycles. The molecule has 1 aromatic rings. The SMILES string of the molecule is N/C(=N/O)C1(NC(=O)c2cccc(O)c2)CCCCCC1. The maximum atomic E-state index is 12.4. The Hall–Kier alpha value is -2.24. The number of carbonyl (C=O) groups is 1. The van der Waals surface area contributed by atoms with Crippen molar-refractivity contribution in [1.29, 1.82) is 0 Å². The van der Waals surface area contributed by atoms with E-state index in [-0.39, 0.29) is 17.5 Å². The number of nitrogens with one attached hydrogen (secondary N) is 1. The number of nitrogens with zero attached hydrogens (tertiary/aromatic N) is 1. The van der Waals surface area contributed by atoms with Crippen LogP contribution >= 0.6 is 0 Å². The molecule has 1 aromatic carbocycles. The van der Waals surface area contributed by atoms with Crippen LogP contribution in [0.3, 0.4) is 0 Å². The topological polar surface area (TPSA) is 108 Å². The average Bonchev–Trinajstić information content (AvgIpc) is 2.73. The molecule has 114 valence electrons. The summed E-state index contributed by atoms with van der Waals surface area (Å²) in [5, 5.41) is 24.5. The van der Waals surface area contributed by atoms with E-state index < -0.39 is 5.54 Å². The average molecular weight is 291 g/mol. The lowest BCUT2D eigenvalue weighted by Crippen LogP contribution is -2.57. The number of amides is 1. The minimum atomic E-state index is -0.812. The summed E-state index contributed by atoms with van der Waals surface area (Å²) in [7, 11) is 0. The molecule has 21 heavy (non-hydrogen) atoms. The molecule has 0 atom stereocenters. The fourth-order valence-corrected chi connectivity index (χ4v) is 2.81. The lowest BCUT2D eigenvalue weighted by molar-refractivity contribution is 0.0915. The van der Waals surface area contributed by atoms with E-state index in [0.717, 1.165) is 25.7 Å². The third kappa shape index (κ3) is 3.45. The maximum Gasteiger partial charge on any atom is 0.252 e. The van der Waals surface area contributed by atoms with Gasteiger partial charge in [0.25, 0.3) is 5.91 Å². The zero-order valence-corrected chi connectivity index (χ0v) is 11.9. The number of hydrogen-bond acceptors (Lipinski definition) is 4. The van der Waals surface area contributed by atoms with Gasteiger partial charge in [0.05, 0.1) is 0 Å². The molecule has 6 nitrogen and oxygen atoms in total. The minimum Gasteiger partial charge on any atom is -0.508 e. The number of amidine groups is 1. The van der Waals surface area contributed by atoms with Crippen LogP contribution in [0.4, 0.5) is 0 Å². The first-order chi connectivity index (χ1) is 10.1. The molecule has 0 bridgehead atoms. The second-order valence-electron chi connectivity index (χ2n) is 5.49. The first kappa shape index (κ1) is 15.2. The van der Waals surface area contributed by atoms with E-state index in [4.69, 9.17) is 10.9 Å². The van der Waals surface area contributed by atoms with Gasteiger partial charge in [-0.3, -0.25) is 4.79 Å². The summed E-state index contributed by atoms with van der Waals surface area (Å²) in [5.74, 6) is -0.265. The molecular weight excluding hydrogens is 270 g/mol. The van der Waals surface area contributed by atoms with E-state index in [2.05, 4.69) is 10.5 Å². The van der Waals surface area contributed by atoms with E-state index >= 15 is 0 Å². The Bertz CT molecular complexity index is 535. The summed E-state index contributed by atoms with van der Waals surface area (Å²) in [6.07, 6.45) is 5.26. The third-order valence-electron chi connectivity index (χ3n) is 4.02. The quantitative estimate of drug-likeness (QED) is 0.224. The number of rotatable bonds is 3. The van der Waals surface area contributed by atoms with Gasteiger partial charge in [0.2, 0.25) is 0 Å². The summed E-state index contributed by atoms with van der Waals surface area (Å²) in [6.45, 7) is 0. The fourth-order valence-electron chi connectivity index (χ4n) is 2.81. The van der Waals surface area contributed by atoms with E-state index in [9.17, 15) is 9.90 Å². The normalized spacial score (nSPS) is 18.8. The fraction of sp³-hybridized carbons (Fsp3) is 0.467. The Kier molecular flexibility index (Phi) is 4.67. The molecule has 0 saturated heterocycles. The van der Waals surface area contributed by atoms with Crippen molar-refractivity contribution in [2.45, 2.75) is 44.1 Å². The monoisotopic (exact) mass is 291 g/mol. The van der Waals surface area contributed by atoms with Gasteiger partial charge in [-0.1, -0.05) is 36.9 Å². The second-order valence-corrected chi connectivity index (χ2v) is 5.49. The Morgan fingerprint density at radius 1 is 1.24 bits per heavy atom. The second kappa shape index (κ2) is 6.47. The number of carbonyl (C=O) groups excluding carboxylic acids is 1. The van der Waals surface area contributed by atoms with Crippen molar-refractivity contribution in [3.63, 3.8) is 0 Å². The molecule has 0 unspecified atom stereocenters. The molecule has 1 amide bonds. The molecule has 0 radical (unpaired) electrons. The summed E-state index contributed by atoms with van der Waals surface area (Å²) in [4.78, 5) is 12.4. The predicted octanol–water partition coefficient (Wildman–Crippen LogP) is 1.96. The van der Waals surface area contributed by atoms with Crippen molar-refractivity contribution < 1.29 is 15.1 Å². The number of phenolic OH excluding ortho intramolecular Hbond substituents is 1. The van der Waals surface area contributed by atoms with Crippen LogP contribution in [0.5, 0.6) is 5.75 Å². The van der Waals surface area contributed by atoms with Crippen molar-refractivity contribution in [2.75, 3.05) is 0 Å². The molecule has 0 heterocycles. The van der Waals surface area contributed by atoms with Crippen LogP contribution in [0.15, 0.2) is 29.4 Å². The van der Waals surface area contributed by atoms with Crippen LogP contribution in [0.2, 0.25) is 0 Å². The summed E-state index contributed by atoms with van der Waals surface area (Å²) >= 11 is 0. The van der Waals surface area contributed by atoms with Crippen LogP contribution in [0.1, 0.15) is 48.9 Å². The molecule has 2 rings (SSSR count). The van der Waals surface area contributed by atoms with Crippen LogP contribution < -0.4 is 11.1 Å². The van der Waals surface area contributed by atoms with Gasteiger partial charge in [-0.2, -0.15) is 0 Å². The molecule has 0 aliphatic heterocycles. The number of oxime groups is 1. The lowest BCUT2D eigenvalue weighted by atomic mass is 9.88. The molecule has 5 N–H and O–H groups in total. The van der Waals surface area contributed by atoms with Gasteiger partial charge >= 0.3 is 0 Å². The van der Waals surface area contributed by atoms with Crippen molar-refractivity contribution >= 4 is 11.7 Å². The number of nitrogens with two attached hydrogens (primary N) is 1. The van der Waals surface area contributed by atoms with Gasteiger partial charge in [0.15, 0.2) is 5.84 Å². The van der Waals surface area contributed by atoms with Crippen molar-refractivity contribution in [2.24, 2.45) is 10.9 Å². The summed E-state index contributed by atoms with van der Waals surface area (Å²) in [6, 6.07) is 6.12. The number of benzene rings is 1. The highest BCUT2D eigenvalue weighted by molar-refractivity contribution is 6.00. The molecule has 1 saturated carbocycles. The Balaban J connectivity index is 2.24. The zero-order valence-electron chi connectivity index (χ0n) is 11.9. The van der Waals surface area contributed by atoms with E-state index in [1.54, 1.807) is 12.1 Å². The first-order valence-corrected chi connectivity index (χ1v) is 7.17. The van der Waals surface area contributed by atoms with E-state index in [1.165, 1.54) is 12.1 Å². The number of aromatic hydroxyl groups is 1. The number of phenols is 1. The van der Waals surface area contributed by atoms with Gasteiger partial charge in [-0.05, 0) is 31.0 Å². The van der Waals surface area contributed by atoms with Crippen molar-refractivity contribution in [3.8, 4) is 5.75 Å². The van der Waals surface area contributed by atoms with Crippen molar-refractivity contribution in [1.82, 2.24) is 5.32 Å². The molecule has 1 fully saturated rings. The van der Waals surface area contributed by atoms with Gasteiger partial charge in [0.1, 0.15) is 11.3 Å². The van der Waals surface area contributed by atoms with Crippen LogP contribution in [-0.2, 0) is 0 Å². The molecule has 0 spiro atoms. The van der Waals surface area contributed by atoms with Gasteiger partial charge < -0.3 is 21.4 Å². The highest BCUT2D eigenvalue weighted by Crippen LogP contribution is 2.28. The Morgan fingerprint density at radius 3 is 2.48 bits per heavy atom. The molecule has 1 aliphatic carbocycles. The summed E-state index contributed by atoms with van der Waals surface area (Å²) in [5.41, 5.74) is 5.38. The van der Waals surface area contributed by atoms with Crippen LogP contribution in [-0.4, -0.2) is 27.6 Å². The largest absolute Gasteiger partial charge is 0.508 e. The van der Waals surface area contributed by atoms with Gasteiger partial charge in [-0.25, -0.2) is 0 Å². The lowest BCUT2D eigenvalue weighted by Gasteiger charge is -2.32. The van der Waals surface area contributed by atoms with Gasteiger partial charge in [-0.15, -0.1) is 0 Å². The van der Waals surface area contributed by atoms with E-state index in [1.807, 2.05) is 0 Å². The highest BCUT2D eigenvalue weighted by atomic mass is 16.4. The van der Waals surface area contributed by atoms with Crippen molar-refractivity contribution in [3.05, 3.63) is 29.8 Å². The summed E-state index contributed by atoms with van der Waals surface area (Å²) < 4.78 is 0. The maximum absolute atomic E-state index is 12.4. The van der Waals surface area contributed by atoms with Crippen LogP contribution in [0, 0.1) is 0 Å². The Morgan fingerprint density at radius 2 is 1.90 bits per heavy atom. The van der Waals surface area contributed by atoms with E-state index in [0.29, 0.717) is 18.4 Å². The Labute approximate surface area is 123 Å². The third-order valence-corrected chi connectivity index (χ3v) is 4.02. The highest BCUT2D eigenvalue weighted by Gasteiger charge is 2.37. The molecule has 1 aliphatic rings. The minimum absolute atomic E-state index is 0.0290. The first-order valence-electron chi connectivity index (χ1n) is 7.17. The zero-order chi connectivity index (χ0) is 15.3. The van der Waals surface area contributed by atoms with Gasteiger partial charge in [0, 0.05) is 5.56 Å². The predicted molar refractivity (Wildman–Crippen MR) is 79.4 cm³/mol. The smallest absolute Gasteiger partial charge is 0.252 e. The molecular formula is C15H21N3O3. The standard InChI is InChI=1S/C15H21N3O3/c16-14(18-21)15(8-3-1-2-4-9-15)17-13(20)11-6-5-7-12(19)10-11/h5-7,10,19,21H,1-4,8-9H2,(H2,16,18)(H,17,20).